The van der Waals surface area contributed by atoms with Crippen molar-refractivity contribution in [1.29, 1.82) is 0 Å². The molecular weight excluding hydrogens is 188 g/mol. The van der Waals surface area contributed by atoms with E-state index in [4.69, 9.17) is 0 Å². The maximum absolute atomic E-state index is 2.40. The van der Waals surface area contributed by atoms with Gasteiger partial charge in [-0.2, -0.15) is 11.8 Å². The summed E-state index contributed by atoms with van der Waals surface area (Å²) in [5, 5.41) is 0. The first-order valence-corrected chi connectivity index (χ1v) is 6.78. The van der Waals surface area contributed by atoms with Crippen LogP contribution in [0.25, 0.3) is 0 Å². The number of allylic oxidation sites excluding steroid dienone is 4. The molecule has 0 radical (unpaired) electrons. The summed E-state index contributed by atoms with van der Waals surface area (Å²) in [6.07, 6.45) is 9.43. The van der Waals surface area contributed by atoms with Crippen molar-refractivity contribution in [2.24, 2.45) is 5.92 Å². The van der Waals surface area contributed by atoms with Crippen LogP contribution in [0.5, 0.6) is 0 Å². The smallest absolute Gasteiger partial charge is 0.00234 e. The first-order valence-electron chi connectivity index (χ1n) is 5.38. The van der Waals surface area contributed by atoms with E-state index in [9.17, 15) is 0 Å². The van der Waals surface area contributed by atoms with Crippen LogP contribution >= 0.6 is 11.8 Å². The molecule has 82 valence electrons. The van der Waals surface area contributed by atoms with Crippen molar-refractivity contribution >= 4 is 11.8 Å². The zero-order valence-electron chi connectivity index (χ0n) is 10.3. The van der Waals surface area contributed by atoms with Gasteiger partial charge in [0.15, 0.2) is 0 Å². The average molecular weight is 212 g/mol. The topological polar surface area (TPSA) is 0 Å². The van der Waals surface area contributed by atoms with Crippen LogP contribution in [0.3, 0.4) is 0 Å². The third-order valence-electron chi connectivity index (χ3n) is 2.44. The fraction of sp³-hybridized carbons (Fsp3) is 0.692. The van der Waals surface area contributed by atoms with Gasteiger partial charge in [0, 0.05) is 0 Å². The van der Waals surface area contributed by atoms with Crippen molar-refractivity contribution in [3.8, 4) is 0 Å². The summed E-state index contributed by atoms with van der Waals surface area (Å²) in [6.45, 7) is 8.74. The molecule has 0 saturated carbocycles. The Hall–Kier alpha value is -0.170. The van der Waals surface area contributed by atoms with E-state index in [2.05, 4.69) is 46.1 Å². The molecule has 0 amide bonds. The molecule has 0 bridgehead atoms. The predicted octanol–water partition coefficient (Wildman–Crippen LogP) is 4.68. The van der Waals surface area contributed by atoms with Crippen LogP contribution in [0.4, 0.5) is 0 Å². The van der Waals surface area contributed by atoms with Crippen LogP contribution < -0.4 is 0 Å². The van der Waals surface area contributed by atoms with Gasteiger partial charge in [-0.05, 0) is 58.5 Å². The second kappa shape index (κ2) is 8.16. The zero-order chi connectivity index (χ0) is 11.0. The molecule has 0 rings (SSSR count). The van der Waals surface area contributed by atoms with Crippen LogP contribution in [-0.4, -0.2) is 12.0 Å². The summed E-state index contributed by atoms with van der Waals surface area (Å²) in [5.41, 5.74) is 2.94. The molecule has 1 atom stereocenters. The summed E-state index contributed by atoms with van der Waals surface area (Å²) in [7, 11) is 0. The molecule has 0 nitrogen and oxygen atoms in total. The maximum Gasteiger partial charge on any atom is -0.00234 e. The van der Waals surface area contributed by atoms with Gasteiger partial charge in [-0.15, -0.1) is 0 Å². The molecule has 0 aliphatic heterocycles. The molecular formula is C13H24S. The summed E-state index contributed by atoms with van der Waals surface area (Å²) < 4.78 is 0. The minimum absolute atomic E-state index is 0.664. The normalized spacial score (nSPS) is 13.9. The van der Waals surface area contributed by atoms with E-state index in [1.54, 1.807) is 0 Å². The van der Waals surface area contributed by atoms with Gasteiger partial charge in [0.05, 0.1) is 0 Å². The quantitative estimate of drug-likeness (QED) is 0.455. The Labute approximate surface area is 93.9 Å². The van der Waals surface area contributed by atoms with Crippen molar-refractivity contribution in [3.63, 3.8) is 0 Å². The van der Waals surface area contributed by atoms with E-state index in [-0.39, 0.29) is 0 Å². The second-order valence-corrected chi connectivity index (χ2v) is 5.00. The van der Waals surface area contributed by atoms with Crippen LogP contribution in [0.1, 0.15) is 40.5 Å². The highest BCUT2D eigenvalue weighted by molar-refractivity contribution is 7.98. The molecule has 14 heavy (non-hydrogen) atoms. The first-order chi connectivity index (χ1) is 6.61. The van der Waals surface area contributed by atoms with Gasteiger partial charge in [-0.3, -0.25) is 0 Å². The molecule has 0 aromatic carbocycles. The standard InChI is InChI=1S/C13H24S/c1-6-12(4)13(10-11(2)3)8-7-9-14-5/h6,10,13H,7-9H2,1-5H3. The Morgan fingerprint density at radius 2 is 1.93 bits per heavy atom. The highest BCUT2D eigenvalue weighted by Crippen LogP contribution is 2.20. The molecule has 0 aliphatic carbocycles. The average Bonchev–Trinajstić information content (AvgIpc) is 2.15. The minimum Gasteiger partial charge on any atom is -0.165 e. The number of rotatable bonds is 6. The SMILES string of the molecule is CC=C(C)C(C=C(C)C)CCCSC. The van der Waals surface area contributed by atoms with Gasteiger partial charge in [0.25, 0.3) is 0 Å². The van der Waals surface area contributed by atoms with E-state index in [1.807, 2.05) is 11.8 Å². The van der Waals surface area contributed by atoms with E-state index >= 15 is 0 Å². The molecule has 0 saturated heterocycles. The van der Waals surface area contributed by atoms with E-state index in [1.165, 1.54) is 29.7 Å². The van der Waals surface area contributed by atoms with Crippen molar-refractivity contribution in [3.05, 3.63) is 23.3 Å². The Morgan fingerprint density at radius 1 is 1.29 bits per heavy atom. The van der Waals surface area contributed by atoms with E-state index in [0.717, 1.165) is 0 Å². The largest absolute Gasteiger partial charge is 0.165 e. The predicted molar refractivity (Wildman–Crippen MR) is 70.0 cm³/mol. The van der Waals surface area contributed by atoms with Crippen LogP contribution in [-0.2, 0) is 0 Å². The lowest BCUT2D eigenvalue weighted by Gasteiger charge is -2.14. The van der Waals surface area contributed by atoms with Crippen LogP contribution in [0.2, 0.25) is 0 Å². The van der Waals surface area contributed by atoms with E-state index < -0.39 is 0 Å². The first kappa shape index (κ1) is 13.8. The van der Waals surface area contributed by atoms with Gasteiger partial charge < -0.3 is 0 Å². The summed E-state index contributed by atoms with van der Waals surface area (Å²) >= 11 is 1.94. The lowest BCUT2D eigenvalue weighted by molar-refractivity contribution is 0.657. The maximum atomic E-state index is 2.40. The number of hydrogen-bond donors (Lipinski definition) is 0. The van der Waals surface area contributed by atoms with Crippen LogP contribution in [0, 0.1) is 5.92 Å². The lowest BCUT2D eigenvalue weighted by Crippen LogP contribution is -2.00. The number of hydrogen-bond acceptors (Lipinski definition) is 1. The second-order valence-electron chi connectivity index (χ2n) is 4.02. The third kappa shape index (κ3) is 6.31. The van der Waals surface area contributed by atoms with Crippen molar-refractivity contribution in [2.45, 2.75) is 40.5 Å². The molecule has 0 heterocycles. The van der Waals surface area contributed by atoms with Crippen LogP contribution in [0.15, 0.2) is 23.3 Å². The number of thioether (sulfide) groups is 1. The highest BCUT2D eigenvalue weighted by Gasteiger charge is 2.06. The van der Waals surface area contributed by atoms with Gasteiger partial charge in [-0.25, -0.2) is 0 Å². The minimum atomic E-state index is 0.664. The molecule has 0 aromatic rings. The lowest BCUT2D eigenvalue weighted by atomic mass is 9.93. The zero-order valence-corrected chi connectivity index (χ0v) is 11.1. The van der Waals surface area contributed by atoms with Gasteiger partial charge >= 0.3 is 0 Å². The Balaban J connectivity index is 4.19. The van der Waals surface area contributed by atoms with E-state index in [0.29, 0.717) is 5.92 Å². The molecule has 1 unspecified atom stereocenters. The molecule has 0 fully saturated rings. The van der Waals surface area contributed by atoms with Crippen molar-refractivity contribution < 1.29 is 0 Å². The molecule has 0 aromatic heterocycles. The molecule has 0 N–H and O–H groups in total. The molecule has 0 aliphatic rings. The third-order valence-corrected chi connectivity index (χ3v) is 3.14. The highest BCUT2D eigenvalue weighted by atomic mass is 32.2. The molecule has 0 spiro atoms. The Kier molecular flexibility index (Phi) is 8.07. The fourth-order valence-electron chi connectivity index (χ4n) is 1.51. The van der Waals surface area contributed by atoms with Gasteiger partial charge in [0.2, 0.25) is 0 Å². The summed E-state index contributed by atoms with van der Waals surface area (Å²) in [4.78, 5) is 0. The van der Waals surface area contributed by atoms with Crippen molar-refractivity contribution in [1.82, 2.24) is 0 Å². The van der Waals surface area contributed by atoms with Crippen molar-refractivity contribution in [2.75, 3.05) is 12.0 Å². The summed E-state index contributed by atoms with van der Waals surface area (Å²) in [6, 6.07) is 0. The Morgan fingerprint density at radius 3 is 2.36 bits per heavy atom. The van der Waals surface area contributed by atoms with Gasteiger partial charge in [-0.1, -0.05) is 23.3 Å². The monoisotopic (exact) mass is 212 g/mol. The molecule has 1 heteroatoms. The fourth-order valence-corrected chi connectivity index (χ4v) is 1.96. The Bertz CT molecular complexity index is 197. The summed E-state index contributed by atoms with van der Waals surface area (Å²) in [5.74, 6) is 1.95. The van der Waals surface area contributed by atoms with Gasteiger partial charge in [0.1, 0.15) is 0 Å².